The number of carbonyl (C=O) groups excluding carboxylic acids is 3. The highest BCUT2D eigenvalue weighted by molar-refractivity contribution is 5.71. The largest absolute Gasteiger partial charge is 0.462 e. The Balaban J connectivity index is 4.44. The van der Waals surface area contributed by atoms with E-state index in [2.05, 4.69) is 57.2 Å². The van der Waals surface area contributed by atoms with Gasteiger partial charge in [-0.25, -0.2) is 0 Å². The zero-order valence-corrected chi connectivity index (χ0v) is 39.9. The summed E-state index contributed by atoms with van der Waals surface area (Å²) in [7, 11) is 0. The second-order valence-corrected chi connectivity index (χ2v) is 16.8. The van der Waals surface area contributed by atoms with Crippen LogP contribution >= 0.6 is 0 Å². The molecule has 0 aliphatic heterocycles. The van der Waals surface area contributed by atoms with Crippen LogP contribution in [-0.2, 0) is 28.6 Å². The second kappa shape index (κ2) is 49.5. The van der Waals surface area contributed by atoms with Gasteiger partial charge in [-0.05, 0) is 64.2 Å². The number of unbranched alkanes of at least 4 members (excludes halogenated alkanes) is 26. The Labute approximate surface area is 376 Å². The predicted molar refractivity (Wildman–Crippen MR) is 261 cm³/mol. The van der Waals surface area contributed by atoms with Crippen molar-refractivity contribution in [3.05, 3.63) is 72.9 Å². The summed E-state index contributed by atoms with van der Waals surface area (Å²) in [6.07, 6.45) is 61.7. The minimum absolute atomic E-state index is 0.0931. The van der Waals surface area contributed by atoms with Gasteiger partial charge in [0.1, 0.15) is 13.2 Å². The summed E-state index contributed by atoms with van der Waals surface area (Å²) in [6.45, 7) is 6.43. The van der Waals surface area contributed by atoms with Crippen molar-refractivity contribution in [2.24, 2.45) is 0 Å². The molecule has 0 saturated carbocycles. The molecular formula is C55H94O6. The van der Waals surface area contributed by atoms with Crippen LogP contribution in [0.15, 0.2) is 72.9 Å². The molecule has 0 N–H and O–H groups in total. The van der Waals surface area contributed by atoms with E-state index in [0.29, 0.717) is 19.3 Å². The van der Waals surface area contributed by atoms with E-state index in [-0.39, 0.29) is 31.1 Å². The maximum Gasteiger partial charge on any atom is 0.306 e. The van der Waals surface area contributed by atoms with Crippen molar-refractivity contribution in [2.45, 2.75) is 245 Å². The molecule has 0 aliphatic rings. The molecule has 1 atom stereocenters. The van der Waals surface area contributed by atoms with E-state index >= 15 is 0 Å². The molecule has 1 unspecified atom stereocenters. The highest BCUT2D eigenvalue weighted by Gasteiger charge is 2.19. The third-order valence-electron chi connectivity index (χ3n) is 10.8. The van der Waals surface area contributed by atoms with E-state index in [0.717, 1.165) is 77.0 Å². The van der Waals surface area contributed by atoms with Gasteiger partial charge in [-0.3, -0.25) is 14.4 Å². The Bertz CT molecular complexity index is 1160. The third kappa shape index (κ3) is 47.7. The van der Waals surface area contributed by atoms with Crippen LogP contribution < -0.4 is 0 Å². The smallest absolute Gasteiger partial charge is 0.306 e. The monoisotopic (exact) mass is 851 g/mol. The van der Waals surface area contributed by atoms with E-state index in [9.17, 15) is 14.4 Å². The molecule has 0 saturated heterocycles. The minimum Gasteiger partial charge on any atom is -0.462 e. The first-order valence-corrected chi connectivity index (χ1v) is 25.5. The maximum atomic E-state index is 12.8. The van der Waals surface area contributed by atoms with E-state index in [1.165, 1.54) is 122 Å². The highest BCUT2D eigenvalue weighted by Crippen LogP contribution is 2.15. The molecule has 0 aromatic carbocycles. The first-order chi connectivity index (χ1) is 30.0. The van der Waals surface area contributed by atoms with Gasteiger partial charge in [0, 0.05) is 19.3 Å². The molecule has 0 radical (unpaired) electrons. The van der Waals surface area contributed by atoms with Gasteiger partial charge < -0.3 is 14.2 Å². The van der Waals surface area contributed by atoms with E-state index < -0.39 is 6.10 Å². The molecule has 0 rings (SSSR count). The zero-order chi connectivity index (χ0) is 44.4. The van der Waals surface area contributed by atoms with Crippen molar-refractivity contribution in [1.82, 2.24) is 0 Å². The molecule has 0 spiro atoms. The van der Waals surface area contributed by atoms with E-state index in [1.807, 2.05) is 36.5 Å². The lowest BCUT2D eigenvalue weighted by atomic mass is 10.0. The number of ether oxygens (including phenoxy) is 3. The molecule has 0 amide bonds. The number of rotatable bonds is 45. The lowest BCUT2D eigenvalue weighted by molar-refractivity contribution is -0.167. The van der Waals surface area contributed by atoms with Crippen molar-refractivity contribution in [3.63, 3.8) is 0 Å². The molecule has 0 bridgehead atoms. The van der Waals surface area contributed by atoms with Crippen LogP contribution in [0.4, 0.5) is 0 Å². The topological polar surface area (TPSA) is 78.9 Å². The van der Waals surface area contributed by atoms with Gasteiger partial charge >= 0.3 is 17.9 Å². The van der Waals surface area contributed by atoms with Gasteiger partial charge in [0.25, 0.3) is 0 Å². The zero-order valence-electron chi connectivity index (χ0n) is 39.9. The van der Waals surface area contributed by atoms with Gasteiger partial charge in [-0.2, -0.15) is 0 Å². The number of esters is 3. The third-order valence-corrected chi connectivity index (χ3v) is 10.8. The Morgan fingerprint density at radius 3 is 1.07 bits per heavy atom. The van der Waals surface area contributed by atoms with Crippen molar-refractivity contribution >= 4 is 17.9 Å². The lowest BCUT2D eigenvalue weighted by Crippen LogP contribution is -2.30. The summed E-state index contributed by atoms with van der Waals surface area (Å²) in [4.78, 5) is 37.9. The fourth-order valence-corrected chi connectivity index (χ4v) is 6.97. The fraction of sp³-hybridized carbons (Fsp3) is 0.727. The Kier molecular flexibility index (Phi) is 46.9. The summed E-state index contributed by atoms with van der Waals surface area (Å²) in [5, 5.41) is 0. The number of hydrogen-bond donors (Lipinski definition) is 0. The quantitative estimate of drug-likeness (QED) is 0.0263. The normalized spacial score (nSPS) is 12.6. The van der Waals surface area contributed by atoms with E-state index in [1.54, 1.807) is 0 Å². The van der Waals surface area contributed by atoms with Gasteiger partial charge in [0.2, 0.25) is 0 Å². The summed E-state index contributed by atoms with van der Waals surface area (Å²) >= 11 is 0. The summed E-state index contributed by atoms with van der Waals surface area (Å²) in [6, 6.07) is 0. The van der Waals surface area contributed by atoms with Crippen molar-refractivity contribution in [1.29, 1.82) is 0 Å². The molecule has 6 heteroatoms. The highest BCUT2D eigenvalue weighted by atomic mass is 16.6. The summed E-state index contributed by atoms with van der Waals surface area (Å²) < 4.78 is 16.7. The van der Waals surface area contributed by atoms with Gasteiger partial charge in [0.15, 0.2) is 6.10 Å². The standard InChI is InChI=1S/C55H94O6/c1-4-7-10-13-16-19-22-25-27-30-33-36-39-42-45-48-54(57)60-51-52(50-59-53(56)47-44-41-38-35-32-29-24-21-18-15-12-9-6-3)61-55(58)49-46-43-40-37-34-31-28-26-23-20-17-14-11-8-5-2/h9,12,15-16,18-19,21-22,24-25,29,32,52H,4-8,10-11,13-14,17,20,23,26-28,30-31,33-51H2,1-3H3/b12-9+,18-15+,19-16+,24-21+,25-22+,32-29+. The van der Waals surface area contributed by atoms with Gasteiger partial charge in [0.05, 0.1) is 0 Å². The van der Waals surface area contributed by atoms with Crippen LogP contribution in [0.5, 0.6) is 0 Å². The van der Waals surface area contributed by atoms with Crippen LogP contribution in [0.3, 0.4) is 0 Å². The van der Waals surface area contributed by atoms with Gasteiger partial charge in [-0.1, -0.05) is 229 Å². The second-order valence-electron chi connectivity index (χ2n) is 16.8. The lowest BCUT2D eigenvalue weighted by Gasteiger charge is -2.18. The summed E-state index contributed by atoms with van der Waals surface area (Å²) in [5.41, 5.74) is 0. The Hall–Kier alpha value is -3.15. The molecule has 0 aromatic rings. The predicted octanol–water partition coefficient (Wildman–Crippen LogP) is 16.6. The van der Waals surface area contributed by atoms with Crippen LogP contribution in [0.25, 0.3) is 0 Å². The van der Waals surface area contributed by atoms with E-state index in [4.69, 9.17) is 14.2 Å². The first-order valence-electron chi connectivity index (χ1n) is 25.5. The molecule has 350 valence electrons. The average molecular weight is 851 g/mol. The van der Waals surface area contributed by atoms with Crippen LogP contribution in [0.1, 0.15) is 239 Å². The fourth-order valence-electron chi connectivity index (χ4n) is 6.97. The molecule has 0 heterocycles. The summed E-state index contributed by atoms with van der Waals surface area (Å²) in [5.74, 6) is -0.941. The Morgan fingerprint density at radius 1 is 0.344 bits per heavy atom. The minimum atomic E-state index is -0.793. The average Bonchev–Trinajstić information content (AvgIpc) is 3.26. The van der Waals surface area contributed by atoms with Crippen LogP contribution in [-0.4, -0.2) is 37.2 Å². The van der Waals surface area contributed by atoms with Crippen LogP contribution in [0, 0.1) is 0 Å². The molecule has 6 nitrogen and oxygen atoms in total. The van der Waals surface area contributed by atoms with Crippen molar-refractivity contribution < 1.29 is 28.6 Å². The molecular weight excluding hydrogens is 757 g/mol. The number of carbonyl (C=O) groups is 3. The SMILES string of the molecule is CC/C=C/C=C/C=C/C=C/CCCCCC(=O)OCC(COC(=O)CCCCCCCC/C=C/C=C/CCCCC)OC(=O)CCCCCCCCCCCCCCCCC. The first kappa shape index (κ1) is 57.9. The molecule has 0 aromatic heterocycles. The molecule has 0 fully saturated rings. The molecule has 0 aliphatic carbocycles. The van der Waals surface area contributed by atoms with Crippen LogP contribution in [0.2, 0.25) is 0 Å². The Morgan fingerprint density at radius 2 is 0.639 bits per heavy atom. The van der Waals surface area contributed by atoms with Crippen molar-refractivity contribution in [3.8, 4) is 0 Å². The molecule has 61 heavy (non-hydrogen) atoms. The number of hydrogen-bond acceptors (Lipinski definition) is 6. The maximum absolute atomic E-state index is 12.8. The van der Waals surface area contributed by atoms with Crippen molar-refractivity contribution in [2.75, 3.05) is 13.2 Å². The van der Waals surface area contributed by atoms with Gasteiger partial charge in [-0.15, -0.1) is 0 Å². The number of allylic oxidation sites excluding steroid dienone is 12.